The van der Waals surface area contributed by atoms with Gasteiger partial charge in [0.1, 0.15) is 0 Å². The van der Waals surface area contributed by atoms with E-state index in [2.05, 4.69) is 88.8 Å². The highest BCUT2D eigenvalue weighted by Gasteiger charge is 2.17. The largest absolute Gasteiger partial charge is 0.354 e. The minimum Gasteiger partial charge on any atom is -0.354 e. The van der Waals surface area contributed by atoms with Gasteiger partial charge in [0, 0.05) is 48.5 Å². The highest BCUT2D eigenvalue weighted by atomic mass is 35.5. The number of fused-ring (bicyclic) bond motifs is 8. The lowest BCUT2D eigenvalue weighted by Crippen LogP contribution is -1.86. The maximum absolute atomic E-state index is 6.22. The minimum absolute atomic E-state index is 0.747. The zero-order chi connectivity index (χ0) is 20.5. The SMILES string of the molecule is Clc1ccc(-c2c3ccc4c5ccccc5[nH]c4c3cc3[nH]c4ccccc4c23)cc1. The van der Waals surface area contributed by atoms with Crippen molar-refractivity contribution in [2.45, 2.75) is 0 Å². The quantitative estimate of drug-likeness (QED) is 0.269. The summed E-state index contributed by atoms with van der Waals surface area (Å²) in [4.78, 5) is 7.32. The third-order valence-corrected chi connectivity index (χ3v) is 6.65. The first kappa shape index (κ1) is 17.0. The van der Waals surface area contributed by atoms with Gasteiger partial charge in [-0.3, -0.25) is 0 Å². The van der Waals surface area contributed by atoms with Crippen molar-refractivity contribution in [3.05, 3.63) is 96.0 Å². The molecule has 0 radical (unpaired) electrons. The molecule has 0 fully saturated rings. The van der Waals surface area contributed by atoms with E-state index < -0.39 is 0 Å². The van der Waals surface area contributed by atoms with Gasteiger partial charge in [-0.15, -0.1) is 0 Å². The van der Waals surface area contributed by atoms with E-state index in [0.29, 0.717) is 0 Å². The number of aromatic amines is 2. The number of hydrogen-bond donors (Lipinski definition) is 2. The second kappa shape index (κ2) is 6.13. The second-order valence-electron chi connectivity index (χ2n) is 8.11. The Hall–Kier alpha value is -3.75. The van der Waals surface area contributed by atoms with E-state index >= 15 is 0 Å². The van der Waals surface area contributed by atoms with Crippen molar-refractivity contribution in [3.63, 3.8) is 0 Å². The molecule has 5 aromatic carbocycles. The Morgan fingerprint density at radius 3 is 2.00 bits per heavy atom. The van der Waals surface area contributed by atoms with Gasteiger partial charge in [0.05, 0.1) is 5.52 Å². The molecule has 3 heteroatoms. The summed E-state index contributed by atoms with van der Waals surface area (Å²) in [6.45, 7) is 0. The summed E-state index contributed by atoms with van der Waals surface area (Å²) in [6.07, 6.45) is 0. The van der Waals surface area contributed by atoms with Crippen molar-refractivity contribution in [1.82, 2.24) is 9.97 Å². The summed E-state index contributed by atoms with van der Waals surface area (Å²) in [5.41, 5.74) is 7.03. The Kier molecular flexibility index (Phi) is 3.36. The number of para-hydroxylation sites is 2. The van der Waals surface area contributed by atoms with Gasteiger partial charge >= 0.3 is 0 Å². The van der Waals surface area contributed by atoms with Gasteiger partial charge < -0.3 is 9.97 Å². The molecule has 2 N–H and O–H groups in total. The van der Waals surface area contributed by atoms with Gasteiger partial charge in [-0.1, -0.05) is 72.3 Å². The second-order valence-corrected chi connectivity index (χ2v) is 8.54. The van der Waals surface area contributed by atoms with Crippen molar-refractivity contribution in [3.8, 4) is 11.1 Å². The number of benzene rings is 5. The van der Waals surface area contributed by atoms with Crippen LogP contribution in [0, 0.1) is 0 Å². The molecule has 0 bridgehead atoms. The van der Waals surface area contributed by atoms with Crippen LogP contribution >= 0.6 is 11.6 Å². The average Bonchev–Trinajstić information content (AvgIpc) is 3.36. The van der Waals surface area contributed by atoms with Gasteiger partial charge in [0.25, 0.3) is 0 Å². The third-order valence-electron chi connectivity index (χ3n) is 6.40. The Morgan fingerprint density at radius 2 is 1.19 bits per heavy atom. The average molecular weight is 417 g/mol. The molecule has 0 saturated heterocycles. The molecule has 0 aliphatic heterocycles. The highest BCUT2D eigenvalue weighted by Crippen LogP contribution is 2.43. The van der Waals surface area contributed by atoms with E-state index in [1.54, 1.807) is 0 Å². The molecule has 31 heavy (non-hydrogen) atoms. The monoisotopic (exact) mass is 416 g/mol. The fourth-order valence-corrected chi connectivity index (χ4v) is 5.17. The number of halogens is 1. The van der Waals surface area contributed by atoms with E-state index in [-0.39, 0.29) is 0 Å². The first-order valence-corrected chi connectivity index (χ1v) is 10.8. The van der Waals surface area contributed by atoms with Crippen molar-refractivity contribution >= 4 is 66.0 Å². The number of rotatable bonds is 1. The first-order valence-electron chi connectivity index (χ1n) is 10.4. The Balaban J connectivity index is 1.74. The smallest absolute Gasteiger partial charge is 0.0545 e. The van der Waals surface area contributed by atoms with Crippen LogP contribution in [0.2, 0.25) is 5.02 Å². The lowest BCUT2D eigenvalue weighted by molar-refractivity contribution is 1.54. The number of nitrogens with one attached hydrogen (secondary N) is 2. The van der Waals surface area contributed by atoms with Crippen LogP contribution < -0.4 is 0 Å². The lowest BCUT2D eigenvalue weighted by Gasteiger charge is -2.11. The predicted octanol–water partition coefficient (Wildman–Crippen LogP) is 8.43. The summed E-state index contributed by atoms with van der Waals surface area (Å²) in [5, 5.41) is 8.19. The molecule has 0 spiro atoms. The summed E-state index contributed by atoms with van der Waals surface area (Å²) in [6, 6.07) is 32.0. The van der Waals surface area contributed by atoms with Crippen LogP contribution in [0.25, 0.3) is 65.5 Å². The number of H-pyrrole nitrogens is 2. The van der Waals surface area contributed by atoms with Crippen LogP contribution in [0.4, 0.5) is 0 Å². The van der Waals surface area contributed by atoms with E-state index in [4.69, 9.17) is 11.6 Å². The molecular formula is C28H17ClN2. The molecule has 2 nitrogen and oxygen atoms in total. The maximum Gasteiger partial charge on any atom is 0.0545 e. The summed E-state index contributed by atoms with van der Waals surface area (Å²) >= 11 is 6.22. The molecule has 2 heterocycles. The van der Waals surface area contributed by atoms with Crippen molar-refractivity contribution in [1.29, 1.82) is 0 Å². The molecule has 0 saturated carbocycles. The van der Waals surface area contributed by atoms with Gasteiger partial charge in [0.15, 0.2) is 0 Å². The number of aromatic nitrogens is 2. The van der Waals surface area contributed by atoms with Gasteiger partial charge in [-0.05, 0) is 46.8 Å². The maximum atomic E-state index is 6.22. The van der Waals surface area contributed by atoms with E-state index in [1.807, 2.05) is 12.1 Å². The number of hydrogen-bond acceptors (Lipinski definition) is 0. The van der Waals surface area contributed by atoms with Gasteiger partial charge in [-0.2, -0.15) is 0 Å². The Morgan fingerprint density at radius 1 is 0.516 bits per heavy atom. The summed E-state index contributed by atoms with van der Waals surface area (Å²) in [5.74, 6) is 0. The zero-order valence-corrected chi connectivity index (χ0v) is 17.3. The molecule has 0 unspecified atom stereocenters. The van der Waals surface area contributed by atoms with Crippen LogP contribution in [0.3, 0.4) is 0 Å². The molecule has 0 amide bonds. The highest BCUT2D eigenvalue weighted by molar-refractivity contribution is 6.31. The summed E-state index contributed by atoms with van der Waals surface area (Å²) in [7, 11) is 0. The standard InChI is InChI=1S/C28H17ClN2/c29-17-11-9-16(10-12-17)26-19-13-14-20-18-5-1-3-7-23(18)31-28(20)22(19)15-25-27(26)21-6-2-4-8-24(21)30-25/h1-15,30-31H. The molecule has 0 aliphatic rings. The van der Waals surface area contributed by atoms with Crippen LogP contribution in [-0.4, -0.2) is 9.97 Å². The topological polar surface area (TPSA) is 31.6 Å². The molecule has 0 atom stereocenters. The van der Waals surface area contributed by atoms with E-state index in [0.717, 1.165) is 21.6 Å². The van der Waals surface area contributed by atoms with Gasteiger partial charge in [-0.25, -0.2) is 0 Å². The van der Waals surface area contributed by atoms with Crippen LogP contribution in [0.5, 0.6) is 0 Å². The predicted molar refractivity (Wildman–Crippen MR) is 133 cm³/mol. The van der Waals surface area contributed by atoms with Crippen LogP contribution in [0.15, 0.2) is 91.0 Å². The molecule has 146 valence electrons. The van der Waals surface area contributed by atoms with Crippen molar-refractivity contribution < 1.29 is 0 Å². The zero-order valence-electron chi connectivity index (χ0n) is 16.5. The van der Waals surface area contributed by atoms with E-state index in [9.17, 15) is 0 Å². The molecule has 7 rings (SSSR count). The van der Waals surface area contributed by atoms with E-state index in [1.165, 1.54) is 49.0 Å². The van der Waals surface area contributed by atoms with Crippen molar-refractivity contribution in [2.75, 3.05) is 0 Å². The fourth-order valence-electron chi connectivity index (χ4n) is 5.04. The first-order chi connectivity index (χ1) is 15.3. The molecule has 2 aromatic heterocycles. The van der Waals surface area contributed by atoms with Crippen LogP contribution in [-0.2, 0) is 0 Å². The molecule has 0 aliphatic carbocycles. The summed E-state index contributed by atoms with van der Waals surface area (Å²) < 4.78 is 0. The molecular weight excluding hydrogens is 400 g/mol. The normalized spacial score (nSPS) is 12.0. The van der Waals surface area contributed by atoms with Crippen LogP contribution in [0.1, 0.15) is 0 Å². The molecule has 7 aromatic rings. The Bertz CT molecular complexity index is 1790. The Labute approximate surface area is 183 Å². The van der Waals surface area contributed by atoms with Gasteiger partial charge in [0.2, 0.25) is 0 Å². The fraction of sp³-hybridized carbons (Fsp3) is 0. The third kappa shape index (κ3) is 2.34. The van der Waals surface area contributed by atoms with Crippen molar-refractivity contribution in [2.24, 2.45) is 0 Å². The lowest BCUT2D eigenvalue weighted by atomic mass is 9.92. The minimum atomic E-state index is 0.747.